The van der Waals surface area contributed by atoms with Gasteiger partial charge in [0.15, 0.2) is 0 Å². The maximum absolute atomic E-state index is 5.96. The molecule has 0 rings (SSSR count). The fourth-order valence-electron chi connectivity index (χ4n) is 2.17. The smallest absolute Gasteiger partial charge is 0.113 e. The van der Waals surface area contributed by atoms with Crippen molar-refractivity contribution in [3.05, 3.63) is 0 Å². The van der Waals surface area contributed by atoms with E-state index in [0.29, 0.717) is 39.6 Å². The van der Waals surface area contributed by atoms with Crippen LogP contribution in [-0.2, 0) is 25.1 Å². The van der Waals surface area contributed by atoms with Crippen LogP contribution in [0.4, 0.5) is 0 Å². The molecule has 2 unspecified atom stereocenters. The molecule has 0 aliphatic heterocycles. The Morgan fingerprint density at radius 1 is 0.486 bits per heavy atom. The molecule has 17 heteroatoms. The zero-order valence-electron chi connectivity index (χ0n) is 22.0. The predicted molar refractivity (Wildman–Crippen MR) is 190 cm³/mol. The van der Waals surface area contributed by atoms with Gasteiger partial charge in [-0.2, -0.15) is 54.0 Å². The number of hydrogen-bond donors (Lipinski definition) is 0. The van der Waals surface area contributed by atoms with Gasteiger partial charge in [0.05, 0.1) is 59.7 Å². The summed E-state index contributed by atoms with van der Waals surface area (Å²) >= 11 is 9.05. The third-order valence-electron chi connectivity index (χ3n) is 3.66. The first-order chi connectivity index (χ1) is 14.9. The summed E-state index contributed by atoms with van der Waals surface area (Å²) in [4.78, 5) is 0. The highest BCUT2D eigenvalue weighted by Gasteiger charge is 2.53. The molecule has 6 nitrogen and oxygen atoms in total. The molecule has 220 valence electrons. The second-order valence-corrected chi connectivity index (χ2v) is 18.0. The molecule has 0 fully saturated rings. The average molecular weight is 709 g/mol. The Kier molecular flexibility index (Phi) is 41.9. The Bertz CT molecular complexity index is 385. The lowest BCUT2D eigenvalue weighted by Gasteiger charge is -2.43. The van der Waals surface area contributed by atoms with Gasteiger partial charge in [0.25, 0.3) is 0 Å². The third kappa shape index (κ3) is 19.3. The average Bonchev–Trinajstić information content (AvgIpc) is 2.79. The summed E-state index contributed by atoms with van der Waals surface area (Å²) in [6.07, 6.45) is 0. The monoisotopic (exact) mass is 708 g/mol. The Morgan fingerprint density at radius 3 is 0.914 bits per heavy atom. The van der Waals surface area contributed by atoms with E-state index in [1.54, 1.807) is 0 Å². The van der Waals surface area contributed by atoms with Crippen LogP contribution in [0.3, 0.4) is 0 Å². The molecule has 0 saturated heterocycles. The minimum Gasteiger partial charge on any atom is -0.315 e. The van der Waals surface area contributed by atoms with Crippen molar-refractivity contribution >= 4 is 136 Å². The van der Waals surface area contributed by atoms with E-state index in [1.165, 1.54) is 72.3 Å². The minimum absolute atomic E-state index is 0. The van der Waals surface area contributed by atoms with Crippen LogP contribution in [0.25, 0.3) is 0 Å². The SMILES string of the molecule is CCOSC(C)C([SiH2]C(SOCC)(SOCC)C(C)SOCC)(SOCC)SOCC.S.S.S.S. The van der Waals surface area contributed by atoms with E-state index in [4.69, 9.17) is 25.1 Å². The van der Waals surface area contributed by atoms with Crippen LogP contribution in [0.15, 0.2) is 0 Å². The maximum atomic E-state index is 5.96. The molecular formula is C18H48O6S10Si. The van der Waals surface area contributed by atoms with Gasteiger partial charge in [0, 0.05) is 48.2 Å². The highest BCUT2D eigenvalue weighted by Crippen LogP contribution is 2.54. The normalized spacial score (nSPS) is 13.4. The molecule has 0 bridgehead atoms. The molecule has 35 heavy (non-hydrogen) atoms. The van der Waals surface area contributed by atoms with Crippen molar-refractivity contribution in [2.75, 3.05) is 39.6 Å². The standard InChI is InChI=1S/C18H40O6S6Si.4H2S/c1-9-19-25-15(7)17(27-21-11-3,28-22-12-4)31-18(29-23-13-5,30-24-14-6)16(8)26-20-10-2;;;;/h15-16H,9-14,31H2,1-8H3;4*1H2. The van der Waals surface area contributed by atoms with Gasteiger partial charge in [0.1, 0.15) is 7.40 Å². The second-order valence-electron chi connectivity index (χ2n) is 6.05. The summed E-state index contributed by atoms with van der Waals surface area (Å²) in [7, 11) is -1.06. The van der Waals surface area contributed by atoms with Crippen molar-refractivity contribution in [3.8, 4) is 0 Å². The van der Waals surface area contributed by atoms with E-state index >= 15 is 0 Å². The molecule has 0 aliphatic carbocycles. The van der Waals surface area contributed by atoms with Gasteiger partial charge in [-0.1, -0.05) is 0 Å². The van der Waals surface area contributed by atoms with E-state index in [9.17, 15) is 0 Å². The molecule has 0 spiro atoms. The van der Waals surface area contributed by atoms with E-state index in [1.807, 2.05) is 41.5 Å². The summed E-state index contributed by atoms with van der Waals surface area (Å²) in [6.45, 7) is 20.2. The van der Waals surface area contributed by atoms with E-state index in [-0.39, 0.29) is 71.9 Å². The molecule has 0 heterocycles. The van der Waals surface area contributed by atoms with Crippen molar-refractivity contribution in [2.45, 2.75) is 73.3 Å². The molecule has 0 aliphatic rings. The van der Waals surface area contributed by atoms with Gasteiger partial charge in [-0.25, -0.2) is 0 Å². The molecule has 0 amide bonds. The molecule has 0 aromatic heterocycles. The van der Waals surface area contributed by atoms with Crippen molar-refractivity contribution in [1.82, 2.24) is 0 Å². The van der Waals surface area contributed by atoms with Crippen molar-refractivity contribution in [2.24, 2.45) is 0 Å². The zero-order chi connectivity index (χ0) is 23.6. The van der Waals surface area contributed by atoms with Crippen LogP contribution in [0.1, 0.15) is 55.4 Å². The predicted octanol–water partition coefficient (Wildman–Crippen LogP) is 6.80. The third-order valence-corrected chi connectivity index (χ3v) is 17.1. The highest BCUT2D eigenvalue weighted by molar-refractivity contribution is 8.21. The molecule has 0 aromatic rings. The molecule has 0 radical (unpaired) electrons. The van der Waals surface area contributed by atoms with Gasteiger partial charge in [0.2, 0.25) is 0 Å². The highest BCUT2D eigenvalue weighted by atomic mass is 32.2. The van der Waals surface area contributed by atoms with Crippen LogP contribution in [0.2, 0.25) is 0 Å². The summed E-state index contributed by atoms with van der Waals surface area (Å²) in [5.74, 6) is 0. The fourth-order valence-corrected chi connectivity index (χ4v) is 14.6. The van der Waals surface area contributed by atoms with Gasteiger partial charge in [-0.05, 0) is 79.5 Å². The molecule has 0 N–H and O–H groups in total. The second kappa shape index (κ2) is 30.4. The van der Waals surface area contributed by atoms with E-state index in [2.05, 4.69) is 13.8 Å². The van der Waals surface area contributed by atoms with Crippen molar-refractivity contribution in [1.29, 1.82) is 0 Å². The molecule has 0 saturated carbocycles. The zero-order valence-corrected chi connectivity index (χ0v) is 32.3. The van der Waals surface area contributed by atoms with Crippen LogP contribution < -0.4 is 0 Å². The summed E-state index contributed by atoms with van der Waals surface area (Å²) in [5, 5.41) is 0.251. The first-order valence-electron chi connectivity index (χ1n) is 10.7. The van der Waals surface area contributed by atoms with E-state index in [0.717, 1.165) is 0 Å². The maximum Gasteiger partial charge on any atom is 0.113 e. The topological polar surface area (TPSA) is 55.4 Å². The molecule has 0 aromatic carbocycles. The summed E-state index contributed by atoms with van der Waals surface area (Å²) in [6, 6.07) is 0. The van der Waals surface area contributed by atoms with E-state index < -0.39 is 9.52 Å². The quantitative estimate of drug-likeness (QED) is 0.0676. The van der Waals surface area contributed by atoms with Crippen LogP contribution in [-0.4, -0.2) is 67.1 Å². The summed E-state index contributed by atoms with van der Waals surface area (Å²) < 4.78 is 34.7. The lowest BCUT2D eigenvalue weighted by atomic mass is 10.5. The summed E-state index contributed by atoms with van der Waals surface area (Å²) in [5.41, 5.74) is 0. The Morgan fingerprint density at radius 2 is 0.714 bits per heavy atom. The Balaban J connectivity index is -0.000000750. The van der Waals surface area contributed by atoms with Crippen molar-refractivity contribution in [3.63, 3.8) is 0 Å². The van der Waals surface area contributed by atoms with Crippen LogP contribution in [0.5, 0.6) is 0 Å². The van der Waals surface area contributed by atoms with Crippen LogP contribution >= 0.6 is 126 Å². The largest absolute Gasteiger partial charge is 0.315 e. The first-order valence-corrected chi connectivity index (χ1v) is 16.7. The lowest BCUT2D eigenvalue weighted by molar-refractivity contribution is 0.380. The van der Waals surface area contributed by atoms with Gasteiger partial charge < -0.3 is 25.1 Å². The Labute approximate surface area is 271 Å². The number of hydrogen-bond acceptors (Lipinski definition) is 12. The Hall–Kier alpha value is 3.48. The van der Waals surface area contributed by atoms with Crippen molar-refractivity contribution < 1.29 is 25.1 Å². The number of rotatable bonds is 22. The van der Waals surface area contributed by atoms with Gasteiger partial charge >= 0.3 is 0 Å². The molecular weight excluding hydrogens is 661 g/mol. The fraction of sp³-hybridized carbons (Fsp3) is 1.00. The molecule has 2 atom stereocenters. The van der Waals surface area contributed by atoms with Crippen LogP contribution in [0, 0.1) is 0 Å². The lowest BCUT2D eigenvalue weighted by Crippen LogP contribution is -2.52. The minimum atomic E-state index is -1.06. The first kappa shape index (κ1) is 48.2. The van der Waals surface area contributed by atoms with Gasteiger partial charge in [-0.15, -0.1) is 0 Å². The van der Waals surface area contributed by atoms with Gasteiger partial charge in [-0.3, -0.25) is 0 Å².